The second-order valence-electron chi connectivity index (χ2n) is 4.25. The molecule has 2 aromatic rings. The van der Waals surface area contributed by atoms with Crippen molar-refractivity contribution in [2.45, 2.75) is 13.8 Å². The van der Waals surface area contributed by atoms with Gasteiger partial charge in [0, 0.05) is 12.4 Å². The number of nitrogens with one attached hydrogen (secondary N) is 1. The molecular formula is C15H15N3O. The fourth-order valence-electron chi connectivity index (χ4n) is 1.56. The van der Waals surface area contributed by atoms with Crippen molar-refractivity contribution in [1.29, 1.82) is 0 Å². The molecule has 4 heteroatoms. The molecule has 0 atom stereocenters. The maximum absolute atomic E-state index is 11.8. The molecule has 96 valence electrons. The van der Waals surface area contributed by atoms with Crippen molar-refractivity contribution in [3.63, 3.8) is 0 Å². The minimum atomic E-state index is -0.264. The van der Waals surface area contributed by atoms with Gasteiger partial charge in [-0.15, -0.1) is 0 Å². The van der Waals surface area contributed by atoms with Crippen molar-refractivity contribution in [1.82, 2.24) is 10.4 Å². The first-order valence-corrected chi connectivity index (χ1v) is 5.98. The smallest absolute Gasteiger partial charge is 0.267 e. The molecule has 0 saturated carbocycles. The maximum Gasteiger partial charge on any atom is 0.272 e. The Morgan fingerprint density at radius 1 is 1.16 bits per heavy atom. The Hall–Kier alpha value is -2.49. The lowest BCUT2D eigenvalue weighted by molar-refractivity contribution is 0.0954. The highest BCUT2D eigenvalue weighted by atomic mass is 16.2. The highest BCUT2D eigenvalue weighted by Crippen LogP contribution is 2.04. The van der Waals surface area contributed by atoms with E-state index < -0.39 is 0 Å². The van der Waals surface area contributed by atoms with E-state index in [0.29, 0.717) is 5.56 Å². The summed E-state index contributed by atoms with van der Waals surface area (Å²) in [6, 6.07) is 11.4. The average Bonchev–Trinajstić information content (AvgIpc) is 2.46. The van der Waals surface area contributed by atoms with Crippen LogP contribution in [-0.2, 0) is 0 Å². The summed E-state index contributed by atoms with van der Waals surface area (Å²) in [5.41, 5.74) is 5.95. The number of nitrogens with zero attached hydrogens (tertiary/aromatic N) is 2. The van der Waals surface area contributed by atoms with Crippen LogP contribution in [0.5, 0.6) is 0 Å². The normalized spacial score (nSPS) is 11.2. The van der Waals surface area contributed by atoms with E-state index in [1.54, 1.807) is 18.3 Å². The Bertz CT molecular complexity index is 589. The van der Waals surface area contributed by atoms with E-state index in [-0.39, 0.29) is 5.91 Å². The first-order chi connectivity index (χ1) is 9.16. The van der Waals surface area contributed by atoms with Crippen LogP contribution >= 0.6 is 0 Å². The van der Waals surface area contributed by atoms with Gasteiger partial charge in [-0.2, -0.15) is 5.10 Å². The second-order valence-corrected chi connectivity index (χ2v) is 4.25. The van der Waals surface area contributed by atoms with Gasteiger partial charge in [-0.1, -0.05) is 29.8 Å². The Morgan fingerprint density at radius 2 is 1.89 bits per heavy atom. The molecule has 0 unspecified atom stereocenters. The first-order valence-electron chi connectivity index (χ1n) is 5.98. The first kappa shape index (κ1) is 13.0. The largest absolute Gasteiger partial charge is 0.272 e. The van der Waals surface area contributed by atoms with Gasteiger partial charge in [-0.25, -0.2) is 5.43 Å². The number of hydrogen-bond acceptors (Lipinski definition) is 3. The number of hydrogen-bond donors (Lipinski definition) is 1. The minimum absolute atomic E-state index is 0.264. The quantitative estimate of drug-likeness (QED) is 0.675. The molecule has 0 radical (unpaired) electrons. The third-order valence-electron chi connectivity index (χ3n) is 2.72. The number of carbonyl (C=O) groups excluding carboxylic acids is 1. The number of rotatable bonds is 3. The number of aromatic nitrogens is 1. The zero-order valence-electron chi connectivity index (χ0n) is 10.9. The van der Waals surface area contributed by atoms with Crippen molar-refractivity contribution >= 4 is 11.6 Å². The minimum Gasteiger partial charge on any atom is -0.267 e. The number of hydrazone groups is 1. The SMILES string of the molecule is CC(=NNC(=O)c1cccnc1)c1ccc(C)cc1. The van der Waals surface area contributed by atoms with Crippen molar-refractivity contribution in [3.05, 3.63) is 65.5 Å². The molecule has 0 saturated heterocycles. The van der Waals surface area contributed by atoms with Gasteiger partial charge in [0.25, 0.3) is 5.91 Å². The standard InChI is InChI=1S/C15H15N3O/c1-11-5-7-13(8-6-11)12(2)17-18-15(19)14-4-3-9-16-10-14/h3-10H,1-2H3,(H,18,19). The predicted molar refractivity (Wildman–Crippen MR) is 75.1 cm³/mol. The summed E-state index contributed by atoms with van der Waals surface area (Å²) in [6.45, 7) is 3.88. The van der Waals surface area contributed by atoms with Crippen LogP contribution in [0.4, 0.5) is 0 Å². The molecule has 0 fully saturated rings. The van der Waals surface area contributed by atoms with Crippen LogP contribution in [0.15, 0.2) is 53.9 Å². The summed E-state index contributed by atoms with van der Waals surface area (Å²) in [6.07, 6.45) is 3.13. The van der Waals surface area contributed by atoms with Crippen LogP contribution in [0.3, 0.4) is 0 Å². The van der Waals surface area contributed by atoms with Gasteiger partial charge in [0.15, 0.2) is 0 Å². The van der Waals surface area contributed by atoms with Crippen molar-refractivity contribution in [3.8, 4) is 0 Å². The van der Waals surface area contributed by atoms with E-state index in [2.05, 4.69) is 15.5 Å². The van der Waals surface area contributed by atoms with Crippen LogP contribution < -0.4 is 5.43 Å². The molecule has 0 aliphatic heterocycles. The van der Waals surface area contributed by atoms with Crippen LogP contribution in [0.2, 0.25) is 0 Å². The highest BCUT2D eigenvalue weighted by molar-refractivity contribution is 6.00. The lowest BCUT2D eigenvalue weighted by Crippen LogP contribution is -2.19. The zero-order valence-corrected chi connectivity index (χ0v) is 10.9. The molecule has 0 spiro atoms. The topological polar surface area (TPSA) is 54.4 Å². The van der Waals surface area contributed by atoms with Crippen molar-refractivity contribution in [2.24, 2.45) is 5.10 Å². The van der Waals surface area contributed by atoms with Crippen LogP contribution in [0.25, 0.3) is 0 Å². The van der Waals surface area contributed by atoms with Crippen LogP contribution in [0, 0.1) is 6.92 Å². The Morgan fingerprint density at radius 3 is 2.53 bits per heavy atom. The number of benzene rings is 1. The fourth-order valence-corrected chi connectivity index (χ4v) is 1.56. The van der Waals surface area contributed by atoms with E-state index in [9.17, 15) is 4.79 Å². The molecule has 1 amide bonds. The summed E-state index contributed by atoms with van der Waals surface area (Å²) in [7, 11) is 0. The van der Waals surface area contributed by atoms with Gasteiger partial charge < -0.3 is 0 Å². The predicted octanol–water partition coefficient (Wildman–Crippen LogP) is 2.54. The number of pyridine rings is 1. The van der Waals surface area contributed by atoms with E-state index in [0.717, 1.165) is 11.3 Å². The molecule has 1 aromatic heterocycles. The Balaban J connectivity index is 2.06. The average molecular weight is 253 g/mol. The van der Waals surface area contributed by atoms with Crippen LogP contribution in [-0.4, -0.2) is 16.6 Å². The van der Waals surface area contributed by atoms with Crippen LogP contribution in [0.1, 0.15) is 28.4 Å². The molecule has 0 aliphatic carbocycles. The third kappa shape index (κ3) is 3.48. The molecule has 1 N–H and O–H groups in total. The van der Waals surface area contributed by atoms with Gasteiger partial charge >= 0.3 is 0 Å². The monoisotopic (exact) mass is 253 g/mol. The lowest BCUT2D eigenvalue weighted by Gasteiger charge is -2.03. The zero-order chi connectivity index (χ0) is 13.7. The number of amides is 1. The lowest BCUT2D eigenvalue weighted by atomic mass is 10.1. The van der Waals surface area contributed by atoms with Gasteiger partial charge in [0.2, 0.25) is 0 Å². The molecule has 1 aromatic carbocycles. The van der Waals surface area contributed by atoms with E-state index in [4.69, 9.17) is 0 Å². The molecular weight excluding hydrogens is 238 g/mol. The second kappa shape index (κ2) is 5.91. The summed E-state index contributed by atoms with van der Waals surface area (Å²) < 4.78 is 0. The van der Waals surface area contributed by atoms with E-state index in [1.807, 2.05) is 38.1 Å². The molecule has 19 heavy (non-hydrogen) atoms. The molecule has 1 heterocycles. The van der Waals surface area contributed by atoms with Gasteiger partial charge in [0.1, 0.15) is 0 Å². The van der Waals surface area contributed by atoms with Gasteiger partial charge in [0.05, 0.1) is 11.3 Å². The maximum atomic E-state index is 11.8. The Kier molecular flexibility index (Phi) is 4.03. The molecule has 0 aliphatic rings. The number of carbonyl (C=O) groups is 1. The summed E-state index contributed by atoms with van der Waals surface area (Å²) >= 11 is 0. The van der Waals surface area contributed by atoms with Crippen molar-refractivity contribution < 1.29 is 4.79 Å². The molecule has 2 rings (SSSR count). The Labute approximate surface area is 112 Å². The summed E-state index contributed by atoms with van der Waals surface area (Å²) in [5, 5.41) is 4.09. The number of aryl methyl sites for hydroxylation is 1. The fraction of sp³-hybridized carbons (Fsp3) is 0.133. The van der Waals surface area contributed by atoms with Gasteiger partial charge in [-0.3, -0.25) is 9.78 Å². The highest BCUT2D eigenvalue weighted by Gasteiger charge is 2.04. The molecule has 0 bridgehead atoms. The summed E-state index contributed by atoms with van der Waals surface area (Å²) in [5.74, 6) is -0.264. The van der Waals surface area contributed by atoms with Crippen molar-refractivity contribution in [2.75, 3.05) is 0 Å². The summed E-state index contributed by atoms with van der Waals surface area (Å²) in [4.78, 5) is 15.7. The van der Waals surface area contributed by atoms with E-state index in [1.165, 1.54) is 11.8 Å². The third-order valence-corrected chi connectivity index (χ3v) is 2.72. The molecule has 4 nitrogen and oxygen atoms in total. The van der Waals surface area contributed by atoms with E-state index >= 15 is 0 Å². The van der Waals surface area contributed by atoms with Gasteiger partial charge in [-0.05, 0) is 31.5 Å².